The molecule has 0 aromatic heterocycles. The second kappa shape index (κ2) is 9.42. The number of amides is 2. The van der Waals surface area contributed by atoms with Crippen LogP contribution >= 0.6 is 0 Å². The molecule has 26 heavy (non-hydrogen) atoms. The van der Waals surface area contributed by atoms with Crippen LogP contribution in [-0.2, 0) is 4.79 Å². The molecule has 0 heterocycles. The fourth-order valence-corrected chi connectivity index (χ4v) is 2.44. The summed E-state index contributed by atoms with van der Waals surface area (Å²) in [5.41, 5.74) is 1.90. The van der Waals surface area contributed by atoms with Gasteiger partial charge in [0.15, 0.2) is 6.10 Å². The van der Waals surface area contributed by atoms with Gasteiger partial charge < -0.3 is 15.4 Å². The van der Waals surface area contributed by atoms with E-state index in [4.69, 9.17) is 4.74 Å². The maximum Gasteiger partial charge on any atom is 0.265 e. The predicted octanol–water partition coefficient (Wildman–Crippen LogP) is 3.71. The standard InChI is InChI=1S/C21H24N2O3/c1-4-13-22-20(24)17-11-6-7-12-18(17)23-21(25)19(5-2)26-16-10-8-9-15(3)14-16/h4,6-12,14,19H,1,5,13H2,2-3H3,(H,22,24)(H,23,25). The zero-order valence-electron chi connectivity index (χ0n) is 15.1. The Labute approximate surface area is 154 Å². The molecule has 0 saturated carbocycles. The van der Waals surface area contributed by atoms with Crippen LogP contribution in [-0.4, -0.2) is 24.5 Å². The second-order valence-electron chi connectivity index (χ2n) is 5.86. The molecule has 0 spiro atoms. The number of ether oxygens (including phenoxy) is 1. The van der Waals surface area contributed by atoms with E-state index in [0.29, 0.717) is 30.0 Å². The number of anilines is 1. The van der Waals surface area contributed by atoms with Crippen LogP contribution in [0.3, 0.4) is 0 Å². The molecule has 0 aliphatic heterocycles. The molecule has 0 fully saturated rings. The molecule has 5 heteroatoms. The van der Waals surface area contributed by atoms with Gasteiger partial charge in [-0.25, -0.2) is 0 Å². The monoisotopic (exact) mass is 352 g/mol. The summed E-state index contributed by atoms with van der Waals surface area (Å²) in [5, 5.41) is 5.52. The number of hydrogen-bond donors (Lipinski definition) is 2. The van der Waals surface area contributed by atoms with Gasteiger partial charge in [0.05, 0.1) is 11.3 Å². The minimum atomic E-state index is -0.652. The number of carbonyl (C=O) groups is 2. The van der Waals surface area contributed by atoms with Gasteiger partial charge in [-0.3, -0.25) is 9.59 Å². The van der Waals surface area contributed by atoms with Crippen molar-refractivity contribution < 1.29 is 14.3 Å². The Bertz CT molecular complexity index is 786. The number of nitrogens with one attached hydrogen (secondary N) is 2. The SMILES string of the molecule is C=CCNC(=O)c1ccccc1NC(=O)C(CC)Oc1cccc(C)c1. The number of para-hydroxylation sites is 1. The summed E-state index contributed by atoms with van der Waals surface area (Å²) >= 11 is 0. The van der Waals surface area contributed by atoms with E-state index < -0.39 is 6.10 Å². The topological polar surface area (TPSA) is 67.4 Å². The Kier molecular flexibility index (Phi) is 6.97. The zero-order chi connectivity index (χ0) is 18.9. The van der Waals surface area contributed by atoms with Crippen LogP contribution in [0.15, 0.2) is 61.2 Å². The third-order valence-corrected chi connectivity index (χ3v) is 3.77. The van der Waals surface area contributed by atoms with Gasteiger partial charge >= 0.3 is 0 Å². The fourth-order valence-electron chi connectivity index (χ4n) is 2.44. The summed E-state index contributed by atoms with van der Waals surface area (Å²) in [6.07, 6.45) is 1.45. The second-order valence-corrected chi connectivity index (χ2v) is 5.86. The van der Waals surface area contributed by atoms with E-state index in [1.807, 2.05) is 38.1 Å². The van der Waals surface area contributed by atoms with E-state index in [2.05, 4.69) is 17.2 Å². The Hall–Kier alpha value is -3.08. The molecular formula is C21H24N2O3. The van der Waals surface area contributed by atoms with Crippen molar-refractivity contribution in [1.82, 2.24) is 5.32 Å². The first-order valence-corrected chi connectivity index (χ1v) is 8.57. The smallest absolute Gasteiger partial charge is 0.265 e. The van der Waals surface area contributed by atoms with Crippen LogP contribution in [0.25, 0.3) is 0 Å². The molecule has 0 saturated heterocycles. The Balaban J connectivity index is 2.12. The van der Waals surface area contributed by atoms with E-state index >= 15 is 0 Å². The van der Waals surface area contributed by atoms with Crippen LogP contribution in [0.1, 0.15) is 29.3 Å². The van der Waals surface area contributed by atoms with Crippen molar-refractivity contribution in [1.29, 1.82) is 0 Å². The number of hydrogen-bond acceptors (Lipinski definition) is 3. The molecule has 0 radical (unpaired) electrons. The summed E-state index contributed by atoms with van der Waals surface area (Å²) in [4.78, 5) is 24.9. The molecule has 0 aliphatic carbocycles. The maximum atomic E-state index is 12.6. The van der Waals surface area contributed by atoms with Crippen molar-refractivity contribution in [3.8, 4) is 5.75 Å². The highest BCUT2D eigenvalue weighted by Gasteiger charge is 2.21. The Morgan fingerprint density at radius 1 is 1.19 bits per heavy atom. The van der Waals surface area contributed by atoms with Crippen LogP contribution in [0.5, 0.6) is 5.75 Å². The maximum absolute atomic E-state index is 12.6. The molecule has 2 rings (SSSR count). The summed E-state index contributed by atoms with van der Waals surface area (Å²) in [5.74, 6) is 0.0791. The van der Waals surface area contributed by atoms with Gasteiger partial charge in [-0.2, -0.15) is 0 Å². The van der Waals surface area contributed by atoms with Crippen LogP contribution in [0, 0.1) is 6.92 Å². The normalized spacial score (nSPS) is 11.3. The highest BCUT2D eigenvalue weighted by atomic mass is 16.5. The van der Waals surface area contributed by atoms with E-state index in [1.54, 1.807) is 30.3 Å². The summed E-state index contributed by atoms with van der Waals surface area (Å²) < 4.78 is 5.82. The number of carbonyl (C=O) groups excluding carboxylic acids is 2. The highest BCUT2D eigenvalue weighted by Crippen LogP contribution is 2.19. The van der Waals surface area contributed by atoms with Gasteiger partial charge in [0, 0.05) is 6.54 Å². The first-order chi connectivity index (χ1) is 12.5. The third kappa shape index (κ3) is 5.21. The lowest BCUT2D eigenvalue weighted by Crippen LogP contribution is -2.33. The van der Waals surface area contributed by atoms with Crippen LogP contribution in [0.2, 0.25) is 0 Å². The summed E-state index contributed by atoms with van der Waals surface area (Å²) in [6, 6.07) is 14.4. The minimum Gasteiger partial charge on any atom is -0.481 e. The van der Waals surface area contributed by atoms with Crippen molar-refractivity contribution in [2.24, 2.45) is 0 Å². The van der Waals surface area contributed by atoms with Crippen molar-refractivity contribution in [2.75, 3.05) is 11.9 Å². The Morgan fingerprint density at radius 3 is 2.65 bits per heavy atom. The van der Waals surface area contributed by atoms with Gasteiger partial charge in [-0.15, -0.1) is 6.58 Å². The molecule has 2 N–H and O–H groups in total. The van der Waals surface area contributed by atoms with Crippen molar-refractivity contribution in [3.63, 3.8) is 0 Å². The largest absolute Gasteiger partial charge is 0.481 e. The first-order valence-electron chi connectivity index (χ1n) is 8.57. The third-order valence-electron chi connectivity index (χ3n) is 3.77. The molecule has 2 amide bonds. The molecule has 0 bridgehead atoms. The lowest BCUT2D eigenvalue weighted by atomic mass is 10.1. The molecule has 136 valence electrons. The minimum absolute atomic E-state index is 0.270. The number of aryl methyl sites for hydroxylation is 1. The van der Waals surface area contributed by atoms with E-state index in [9.17, 15) is 9.59 Å². The van der Waals surface area contributed by atoms with Crippen molar-refractivity contribution in [2.45, 2.75) is 26.4 Å². The average molecular weight is 352 g/mol. The van der Waals surface area contributed by atoms with E-state index in [-0.39, 0.29) is 11.8 Å². The highest BCUT2D eigenvalue weighted by molar-refractivity contribution is 6.04. The number of benzene rings is 2. The fraction of sp³-hybridized carbons (Fsp3) is 0.238. The molecule has 2 aromatic rings. The Morgan fingerprint density at radius 2 is 1.96 bits per heavy atom. The molecule has 0 aliphatic rings. The van der Waals surface area contributed by atoms with Crippen LogP contribution < -0.4 is 15.4 Å². The average Bonchev–Trinajstić information content (AvgIpc) is 2.64. The number of rotatable bonds is 8. The molecule has 1 atom stereocenters. The summed E-state index contributed by atoms with van der Waals surface area (Å²) in [6.45, 7) is 7.77. The predicted molar refractivity (Wildman–Crippen MR) is 103 cm³/mol. The zero-order valence-corrected chi connectivity index (χ0v) is 15.1. The van der Waals surface area contributed by atoms with Gasteiger partial charge in [-0.05, 0) is 43.2 Å². The van der Waals surface area contributed by atoms with Crippen LogP contribution in [0.4, 0.5) is 5.69 Å². The summed E-state index contributed by atoms with van der Waals surface area (Å²) in [7, 11) is 0. The van der Waals surface area contributed by atoms with E-state index in [0.717, 1.165) is 5.56 Å². The first kappa shape index (κ1) is 19.2. The molecule has 1 unspecified atom stereocenters. The van der Waals surface area contributed by atoms with Gasteiger partial charge in [0.1, 0.15) is 5.75 Å². The van der Waals surface area contributed by atoms with Crippen molar-refractivity contribution in [3.05, 3.63) is 72.3 Å². The quantitative estimate of drug-likeness (QED) is 0.712. The lowest BCUT2D eigenvalue weighted by Gasteiger charge is -2.18. The van der Waals surface area contributed by atoms with Gasteiger partial charge in [-0.1, -0.05) is 37.3 Å². The molecule has 2 aromatic carbocycles. The van der Waals surface area contributed by atoms with Gasteiger partial charge in [0.2, 0.25) is 0 Å². The van der Waals surface area contributed by atoms with Gasteiger partial charge in [0.25, 0.3) is 11.8 Å². The molecule has 5 nitrogen and oxygen atoms in total. The van der Waals surface area contributed by atoms with E-state index in [1.165, 1.54) is 0 Å². The lowest BCUT2D eigenvalue weighted by molar-refractivity contribution is -0.122. The van der Waals surface area contributed by atoms with Crippen molar-refractivity contribution >= 4 is 17.5 Å². The molecular weight excluding hydrogens is 328 g/mol.